The van der Waals surface area contributed by atoms with E-state index >= 15 is 0 Å². The summed E-state index contributed by atoms with van der Waals surface area (Å²) in [6.45, 7) is 0.349. The van der Waals surface area contributed by atoms with Crippen LogP contribution < -0.4 is 10.1 Å². The molecule has 2 aromatic carbocycles. The molecule has 0 unspecified atom stereocenters. The highest BCUT2D eigenvalue weighted by Crippen LogP contribution is 2.39. The number of methoxy groups -OCH3 is 1. The summed E-state index contributed by atoms with van der Waals surface area (Å²) in [6, 6.07) is 11.8. The Hall–Kier alpha value is -3.23. The Bertz CT molecular complexity index is 1060. The van der Waals surface area contributed by atoms with Gasteiger partial charge in [-0.15, -0.1) is 13.2 Å². The maximum Gasteiger partial charge on any atom is 0.573 e. The predicted molar refractivity (Wildman–Crippen MR) is 138 cm³/mol. The summed E-state index contributed by atoms with van der Waals surface area (Å²) in [7, 11) is 1.33. The molecular weight excluding hydrogens is 497 g/mol. The Morgan fingerprint density at radius 3 is 2.05 bits per heavy atom. The van der Waals surface area contributed by atoms with Crippen LogP contribution in [0.25, 0.3) is 0 Å². The molecule has 2 fully saturated rings. The fourth-order valence-corrected chi connectivity index (χ4v) is 5.85. The monoisotopic (exact) mass is 532 g/mol. The van der Waals surface area contributed by atoms with E-state index in [1.54, 1.807) is 12.1 Å². The molecule has 2 aliphatic carbocycles. The van der Waals surface area contributed by atoms with Crippen LogP contribution in [0.1, 0.15) is 73.7 Å². The molecule has 38 heavy (non-hydrogen) atoms. The first-order valence-electron chi connectivity index (χ1n) is 13.3. The molecule has 0 aliphatic heterocycles. The van der Waals surface area contributed by atoms with Crippen LogP contribution in [0.4, 0.5) is 23.7 Å². The van der Waals surface area contributed by atoms with Crippen LogP contribution in [0, 0.1) is 11.8 Å². The number of carbonyl (C=O) groups excluding carboxylic acids is 2. The third-order valence-electron chi connectivity index (χ3n) is 7.83. The minimum absolute atomic E-state index is 0.0444. The van der Waals surface area contributed by atoms with Crippen LogP contribution >= 0.6 is 0 Å². The number of alkyl halides is 3. The number of esters is 1. The molecule has 4 rings (SSSR count). The van der Waals surface area contributed by atoms with Crippen LogP contribution in [-0.4, -0.2) is 36.4 Å². The van der Waals surface area contributed by atoms with Crippen molar-refractivity contribution in [3.63, 3.8) is 0 Å². The Morgan fingerprint density at radius 2 is 1.47 bits per heavy atom. The number of hydrogen-bond acceptors (Lipinski definition) is 4. The normalized spacial score (nSPS) is 20.4. The molecule has 2 aromatic rings. The summed E-state index contributed by atoms with van der Waals surface area (Å²) in [5.74, 6) is 0.719. The molecule has 6 nitrogen and oxygen atoms in total. The minimum Gasteiger partial charge on any atom is -0.465 e. The van der Waals surface area contributed by atoms with Gasteiger partial charge in [0.1, 0.15) is 5.75 Å². The lowest BCUT2D eigenvalue weighted by atomic mass is 9.72. The van der Waals surface area contributed by atoms with Crippen LogP contribution in [0.2, 0.25) is 0 Å². The van der Waals surface area contributed by atoms with Crippen LogP contribution in [-0.2, 0) is 11.3 Å². The first-order chi connectivity index (χ1) is 18.2. The van der Waals surface area contributed by atoms with Gasteiger partial charge in [0.2, 0.25) is 0 Å². The van der Waals surface area contributed by atoms with E-state index in [-0.39, 0.29) is 17.8 Å². The molecule has 0 bridgehead atoms. The van der Waals surface area contributed by atoms with E-state index < -0.39 is 12.3 Å². The van der Waals surface area contributed by atoms with E-state index in [2.05, 4.69) is 10.1 Å². The Kier molecular flexibility index (Phi) is 9.17. The largest absolute Gasteiger partial charge is 0.573 e. The van der Waals surface area contributed by atoms with E-state index in [0.717, 1.165) is 37.2 Å². The second-order valence-corrected chi connectivity index (χ2v) is 10.3. The van der Waals surface area contributed by atoms with Crippen LogP contribution in [0.5, 0.6) is 5.75 Å². The number of rotatable bonds is 7. The van der Waals surface area contributed by atoms with Gasteiger partial charge in [0.15, 0.2) is 0 Å². The first kappa shape index (κ1) is 27.8. The van der Waals surface area contributed by atoms with Gasteiger partial charge in [-0.1, -0.05) is 44.2 Å². The lowest BCUT2D eigenvalue weighted by Crippen LogP contribution is -2.44. The molecule has 206 valence electrons. The zero-order valence-corrected chi connectivity index (χ0v) is 21.6. The van der Waals surface area contributed by atoms with Gasteiger partial charge in [-0.2, -0.15) is 0 Å². The van der Waals surface area contributed by atoms with Gasteiger partial charge >= 0.3 is 18.4 Å². The number of urea groups is 1. The minimum atomic E-state index is -4.78. The highest BCUT2D eigenvalue weighted by molar-refractivity contribution is 5.90. The van der Waals surface area contributed by atoms with E-state index in [1.165, 1.54) is 63.5 Å². The number of halogens is 3. The Morgan fingerprint density at radius 1 is 0.868 bits per heavy atom. The molecule has 2 amide bonds. The molecule has 2 aliphatic rings. The van der Waals surface area contributed by atoms with Crippen molar-refractivity contribution >= 4 is 17.7 Å². The Balaban J connectivity index is 1.45. The van der Waals surface area contributed by atoms with Gasteiger partial charge in [0.05, 0.1) is 12.7 Å². The maximum absolute atomic E-state index is 13.5. The standard InChI is InChI=1S/C29H35F3N2O4/c1-37-27(35)23-9-7-20(8-10-23)19-34(25-15-11-22(12-16-25)21-5-3-2-4-6-21)28(36)33-24-13-17-26(18-14-24)38-29(30,31)32/h7-10,13-14,17-18,21-22,25H,2-6,11-12,15-16,19H2,1H3,(H,33,36). The topological polar surface area (TPSA) is 67.9 Å². The number of ether oxygens (including phenoxy) is 2. The summed E-state index contributed by atoms with van der Waals surface area (Å²) < 4.78 is 46.1. The second-order valence-electron chi connectivity index (χ2n) is 10.3. The second kappa shape index (κ2) is 12.5. The molecule has 2 saturated carbocycles. The molecule has 0 aromatic heterocycles. The summed E-state index contributed by atoms with van der Waals surface area (Å²) in [5, 5.41) is 2.84. The molecule has 9 heteroatoms. The number of nitrogens with zero attached hydrogens (tertiary/aromatic N) is 1. The number of amides is 2. The van der Waals surface area contributed by atoms with E-state index in [9.17, 15) is 22.8 Å². The molecule has 0 radical (unpaired) electrons. The van der Waals surface area contributed by atoms with Crippen molar-refractivity contribution in [3.8, 4) is 5.75 Å². The van der Waals surface area contributed by atoms with Crippen molar-refractivity contribution in [2.24, 2.45) is 11.8 Å². The maximum atomic E-state index is 13.5. The lowest BCUT2D eigenvalue weighted by Gasteiger charge is -2.40. The molecular formula is C29H35F3N2O4. The van der Waals surface area contributed by atoms with Gasteiger partial charge in [-0.3, -0.25) is 0 Å². The molecule has 1 N–H and O–H groups in total. The molecule has 0 spiro atoms. The first-order valence-corrected chi connectivity index (χ1v) is 13.3. The zero-order valence-electron chi connectivity index (χ0n) is 21.6. The number of nitrogens with one attached hydrogen (secondary N) is 1. The zero-order chi connectivity index (χ0) is 27.1. The summed E-state index contributed by atoms with van der Waals surface area (Å²) in [5.41, 5.74) is 1.68. The highest BCUT2D eigenvalue weighted by atomic mass is 19.4. The van der Waals surface area contributed by atoms with Crippen molar-refractivity contribution in [2.75, 3.05) is 12.4 Å². The summed E-state index contributed by atoms with van der Waals surface area (Å²) in [6.07, 6.45) is 5.79. The van der Waals surface area contributed by atoms with E-state index in [1.807, 2.05) is 17.0 Å². The van der Waals surface area contributed by atoms with Gasteiger partial charge in [0, 0.05) is 18.3 Å². The van der Waals surface area contributed by atoms with Gasteiger partial charge in [-0.25, -0.2) is 9.59 Å². The summed E-state index contributed by atoms with van der Waals surface area (Å²) in [4.78, 5) is 27.1. The number of anilines is 1. The van der Waals surface area contributed by atoms with Crippen molar-refractivity contribution in [1.82, 2.24) is 4.90 Å². The van der Waals surface area contributed by atoms with E-state index in [4.69, 9.17) is 4.74 Å². The number of benzene rings is 2. The van der Waals surface area contributed by atoms with Crippen molar-refractivity contribution in [2.45, 2.75) is 76.7 Å². The van der Waals surface area contributed by atoms with Crippen molar-refractivity contribution < 1.29 is 32.2 Å². The van der Waals surface area contributed by atoms with E-state index in [0.29, 0.717) is 23.7 Å². The van der Waals surface area contributed by atoms with Gasteiger partial charge in [0.25, 0.3) is 0 Å². The third kappa shape index (κ3) is 7.65. The Labute approximate surface area is 221 Å². The van der Waals surface area contributed by atoms with Crippen molar-refractivity contribution in [1.29, 1.82) is 0 Å². The highest BCUT2D eigenvalue weighted by Gasteiger charge is 2.33. The fraction of sp³-hybridized carbons (Fsp3) is 0.517. The average Bonchev–Trinajstić information content (AvgIpc) is 2.92. The predicted octanol–water partition coefficient (Wildman–Crippen LogP) is 7.55. The van der Waals surface area contributed by atoms with Gasteiger partial charge in [-0.05, 0) is 79.5 Å². The third-order valence-corrected chi connectivity index (χ3v) is 7.83. The molecule has 0 saturated heterocycles. The molecule has 0 heterocycles. The lowest BCUT2D eigenvalue weighted by molar-refractivity contribution is -0.274. The van der Waals surface area contributed by atoms with Crippen molar-refractivity contribution in [3.05, 3.63) is 59.7 Å². The summed E-state index contributed by atoms with van der Waals surface area (Å²) >= 11 is 0. The smallest absolute Gasteiger partial charge is 0.465 e. The molecule has 0 atom stereocenters. The van der Waals surface area contributed by atoms with Crippen LogP contribution in [0.3, 0.4) is 0 Å². The average molecular weight is 533 g/mol. The number of carbonyl (C=O) groups is 2. The number of hydrogen-bond donors (Lipinski definition) is 1. The SMILES string of the molecule is COC(=O)c1ccc(CN(C(=O)Nc2ccc(OC(F)(F)F)cc2)C2CCC(C3CCCCC3)CC2)cc1. The fourth-order valence-electron chi connectivity index (χ4n) is 5.85. The quantitative estimate of drug-likeness (QED) is 0.374. The van der Waals surface area contributed by atoms with Gasteiger partial charge < -0.3 is 19.7 Å². The van der Waals surface area contributed by atoms with Crippen LogP contribution in [0.15, 0.2) is 48.5 Å².